The van der Waals surface area contributed by atoms with Crippen molar-refractivity contribution in [2.75, 3.05) is 6.54 Å². The highest BCUT2D eigenvalue weighted by molar-refractivity contribution is 5.78. The Hall–Kier alpha value is -2.93. The van der Waals surface area contributed by atoms with Gasteiger partial charge in [0.15, 0.2) is 0 Å². The number of hydrogen-bond acceptors (Lipinski definition) is 3. The molecule has 4 nitrogen and oxygen atoms in total. The molecule has 2 heterocycles. The maximum atomic E-state index is 13.4. The van der Waals surface area contributed by atoms with Crippen molar-refractivity contribution >= 4 is 16.9 Å². The highest BCUT2D eigenvalue weighted by Gasteiger charge is 2.37. The minimum absolute atomic E-state index is 0.390. The Morgan fingerprint density at radius 3 is 2.63 bits per heavy atom. The molecule has 156 valence electrons. The van der Waals surface area contributed by atoms with E-state index in [4.69, 9.17) is 4.98 Å². The molecular formula is C23H21F3N2O2. The molecule has 0 saturated carbocycles. The van der Waals surface area contributed by atoms with Crippen LogP contribution in [0, 0.1) is 0 Å². The molecule has 1 saturated heterocycles. The van der Waals surface area contributed by atoms with E-state index in [1.807, 2.05) is 30.3 Å². The number of rotatable bonds is 4. The number of carbonyl (C=O) groups is 1. The van der Waals surface area contributed by atoms with Crippen molar-refractivity contribution < 1.29 is 23.1 Å². The molecule has 1 fully saturated rings. The van der Waals surface area contributed by atoms with Crippen LogP contribution in [0.3, 0.4) is 0 Å². The SMILES string of the molecule is O=C(O)C1CCCCN1C(c1cccc(C(F)(F)F)c1)c1ccc2ccccc2n1. The third-order valence-corrected chi connectivity index (χ3v) is 5.59. The number of carboxylic acid groups (broad SMARTS) is 1. The summed E-state index contributed by atoms with van der Waals surface area (Å²) in [5.74, 6) is -0.965. The molecule has 0 radical (unpaired) electrons. The number of halogens is 3. The van der Waals surface area contributed by atoms with Crippen LogP contribution in [0.4, 0.5) is 13.2 Å². The van der Waals surface area contributed by atoms with Gasteiger partial charge in [-0.05, 0) is 49.2 Å². The summed E-state index contributed by atoms with van der Waals surface area (Å²) in [6, 6.07) is 14.8. The zero-order valence-corrected chi connectivity index (χ0v) is 16.1. The van der Waals surface area contributed by atoms with Gasteiger partial charge in [0.2, 0.25) is 0 Å². The molecule has 2 atom stereocenters. The van der Waals surface area contributed by atoms with E-state index in [0.29, 0.717) is 24.2 Å². The van der Waals surface area contributed by atoms with Gasteiger partial charge in [-0.25, -0.2) is 0 Å². The maximum absolute atomic E-state index is 13.4. The standard InChI is InChI=1S/C23H21F3N2O2/c24-23(25,26)17-8-5-7-16(14-17)21(28-13-4-3-10-20(28)22(29)30)19-12-11-15-6-1-2-9-18(15)27-19/h1-2,5-9,11-12,14,20-21H,3-4,10,13H2,(H,29,30). The molecule has 7 heteroatoms. The zero-order chi connectivity index (χ0) is 21.3. The molecule has 30 heavy (non-hydrogen) atoms. The van der Waals surface area contributed by atoms with Crippen LogP contribution in [0.15, 0.2) is 60.7 Å². The second-order valence-electron chi connectivity index (χ2n) is 7.54. The highest BCUT2D eigenvalue weighted by Crippen LogP contribution is 2.37. The fourth-order valence-corrected chi connectivity index (χ4v) is 4.18. The minimum atomic E-state index is -4.48. The predicted molar refractivity (Wildman–Crippen MR) is 107 cm³/mol. The summed E-state index contributed by atoms with van der Waals surface area (Å²) in [6.45, 7) is 0.479. The van der Waals surface area contributed by atoms with Crippen LogP contribution in [-0.2, 0) is 11.0 Å². The van der Waals surface area contributed by atoms with E-state index in [1.165, 1.54) is 6.07 Å². The second-order valence-corrected chi connectivity index (χ2v) is 7.54. The molecule has 2 aromatic carbocycles. The summed E-state index contributed by atoms with van der Waals surface area (Å²) >= 11 is 0. The van der Waals surface area contributed by atoms with Gasteiger partial charge < -0.3 is 5.11 Å². The highest BCUT2D eigenvalue weighted by atomic mass is 19.4. The van der Waals surface area contributed by atoms with Crippen LogP contribution in [0.5, 0.6) is 0 Å². The van der Waals surface area contributed by atoms with E-state index < -0.39 is 29.8 Å². The van der Waals surface area contributed by atoms with Gasteiger partial charge in [-0.15, -0.1) is 0 Å². The van der Waals surface area contributed by atoms with E-state index in [-0.39, 0.29) is 0 Å². The minimum Gasteiger partial charge on any atom is -0.480 e. The number of benzene rings is 2. The Morgan fingerprint density at radius 2 is 1.87 bits per heavy atom. The number of aliphatic carboxylic acids is 1. The second kappa shape index (κ2) is 8.07. The molecule has 0 amide bonds. The summed E-state index contributed by atoms with van der Waals surface area (Å²) < 4.78 is 40.1. The summed E-state index contributed by atoms with van der Waals surface area (Å²) in [6.07, 6.45) is -2.47. The molecule has 0 aliphatic carbocycles. The van der Waals surface area contributed by atoms with Crippen LogP contribution in [0.25, 0.3) is 10.9 Å². The normalized spacial score (nSPS) is 19.0. The lowest BCUT2D eigenvalue weighted by Gasteiger charge is -2.39. The van der Waals surface area contributed by atoms with E-state index >= 15 is 0 Å². The number of hydrogen-bond donors (Lipinski definition) is 1. The topological polar surface area (TPSA) is 53.4 Å². The fourth-order valence-electron chi connectivity index (χ4n) is 4.18. The largest absolute Gasteiger partial charge is 0.480 e. The Kier molecular flexibility index (Phi) is 5.47. The number of nitrogens with zero attached hydrogens (tertiary/aromatic N) is 2. The number of pyridine rings is 1. The van der Waals surface area contributed by atoms with Gasteiger partial charge in [-0.2, -0.15) is 13.2 Å². The van der Waals surface area contributed by atoms with Gasteiger partial charge in [0.05, 0.1) is 22.8 Å². The van der Waals surface area contributed by atoms with Crippen LogP contribution >= 0.6 is 0 Å². The van der Waals surface area contributed by atoms with E-state index in [9.17, 15) is 23.1 Å². The van der Waals surface area contributed by atoms with Gasteiger partial charge >= 0.3 is 12.1 Å². The quantitative estimate of drug-likeness (QED) is 0.631. The number of likely N-dealkylation sites (tertiary alicyclic amines) is 1. The van der Waals surface area contributed by atoms with E-state index in [1.54, 1.807) is 17.0 Å². The monoisotopic (exact) mass is 414 g/mol. The number of piperidine rings is 1. The molecule has 0 bridgehead atoms. The zero-order valence-electron chi connectivity index (χ0n) is 16.1. The molecule has 0 spiro atoms. The van der Waals surface area contributed by atoms with Crippen molar-refractivity contribution in [2.45, 2.75) is 37.5 Å². The van der Waals surface area contributed by atoms with E-state index in [0.717, 1.165) is 35.9 Å². The lowest BCUT2D eigenvalue weighted by atomic mass is 9.93. The van der Waals surface area contributed by atoms with Crippen LogP contribution in [-0.4, -0.2) is 33.5 Å². The Bertz CT molecular complexity index is 1070. The van der Waals surface area contributed by atoms with Crippen molar-refractivity contribution in [2.24, 2.45) is 0 Å². The van der Waals surface area contributed by atoms with Gasteiger partial charge in [-0.3, -0.25) is 14.7 Å². The lowest BCUT2D eigenvalue weighted by molar-refractivity contribution is -0.145. The fraction of sp³-hybridized carbons (Fsp3) is 0.304. The molecule has 1 aliphatic heterocycles. The van der Waals surface area contributed by atoms with Crippen molar-refractivity contribution in [3.8, 4) is 0 Å². The first-order chi connectivity index (χ1) is 14.3. The molecule has 3 aromatic rings. The first kappa shape index (κ1) is 20.3. The van der Waals surface area contributed by atoms with Crippen molar-refractivity contribution in [1.29, 1.82) is 0 Å². The van der Waals surface area contributed by atoms with Crippen LogP contribution in [0.2, 0.25) is 0 Å². The van der Waals surface area contributed by atoms with Gasteiger partial charge in [-0.1, -0.05) is 42.8 Å². The Balaban J connectivity index is 1.87. The van der Waals surface area contributed by atoms with Crippen molar-refractivity contribution in [1.82, 2.24) is 9.88 Å². The Labute approximate surface area is 172 Å². The molecule has 2 unspecified atom stereocenters. The predicted octanol–water partition coefficient (Wildman–Crippen LogP) is 5.28. The average Bonchev–Trinajstić information content (AvgIpc) is 2.74. The third-order valence-electron chi connectivity index (χ3n) is 5.59. The van der Waals surface area contributed by atoms with Crippen LogP contribution in [0.1, 0.15) is 42.1 Å². The van der Waals surface area contributed by atoms with Gasteiger partial charge in [0.25, 0.3) is 0 Å². The number of para-hydroxylation sites is 1. The molecule has 1 aliphatic rings. The lowest BCUT2D eigenvalue weighted by Crippen LogP contribution is -2.47. The maximum Gasteiger partial charge on any atom is 0.416 e. The number of alkyl halides is 3. The summed E-state index contributed by atoms with van der Waals surface area (Å²) in [4.78, 5) is 18.4. The number of fused-ring (bicyclic) bond motifs is 1. The third kappa shape index (κ3) is 4.03. The Morgan fingerprint density at radius 1 is 1.07 bits per heavy atom. The van der Waals surface area contributed by atoms with Crippen molar-refractivity contribution in [3.63, 3.8) is 0 Å². The van der Waals surface area contributed by atoms with Gasteiger partial charge in [0, 0.05) is 5.39 Å². The molecule has 1 aromatic heterocycles. The van der Waals surface area contributed by atoms with Gasteiger partial charge in [0.1, 0.15) is 6.04 Å². The summed E-state index contributed by atoms with van der Waals surface area (Å²) in [7, 11) is 0. The van der Waals surface area contributed by atoms with Crippen molar-refractivity contribution in [3.05, 3.63) is 77.5 Å². The smallest absolute Gasteiger partial charge is 0.416 e. The summed E-state index contributed by atoms with van der Waals surface area (Å²) in [5.41, 5.74) is 0.896. The van der Waals surface area contributed by atoms with E-state index in [2.05, 4.69) is 0 Å². The first-order valence-electron chi connectivity index (χ1n) is 9.86. The molecular weight excluding hydrogens is 393 g/mol. The number of carboxylic acids is 1. The van der Waals surface area contributed by atoms with Crippen LogP contribution < -0.4 is 0 Å². The average molecular weight is 414 g/mol. The molecule has 1 N–H and O–H groups in total. The first-order valence-corrected chi connectivity index (χ1v) is 9.86. The number of aromatic nitrogens is 1. The summed E-state index contributed by atoms with van der Waals surface area (Å²) in [5, 5.41) is 10.7. The molecule has 4 rings (SSSR count).